The fourth-order valence-corrected chi connectivity index (χ4v) is 10.6. The summed E-state index contributed by atoms with van der Waals surface area (Å²) in [4.78, 5) is 7.81. The predicted molar refractivity (Wildman–Crippen MR) is 232 cm³/mol. The number of benzene rings is 3. The van der Waals surface area contributed by atoms with E-state index in [2.05, 4.69) is 192 Å². The highest BCUT2D eigenvalue weighted by atomic mass is 15.3. The highest BCUT2D eigenvalue weighted by molar-refractivity contribution is 5.71. The second-order valence-electron chi connectivity index (χ2n) is 16.2. The van der Waals surface area contributed by atoms with E-state index in [1.807, 2.05) is 0 Å². The van der Waals surface area contributed by atoms with Crippen LogP contribution in [-0.4, -0.2) is 18.1 Å². The zero-order chi connectivity index (χ0) is 36.7. The van der Waals surface area contributed by atoms with Crippen molar-refractivity contribution in [1.29, 1.82) is 0 Å². The van der Waals surface area contributed by atoms with Crippen LogP contribution in [0.25, 0.3) is 0 Å². The van der Waals surface area contributed by atoms with Gasteiger partial charge >= 0.3 is 0 Å². The Bertz CT molecular complexity index is 2250. The van der Waals surface area contributed by atoms with Crippen molar-refractivity contribution >= 4 is 22.7 Å². The van der Waals surface area contributed by atoms with E-state index in [1.54, 1.807) is 5.57 Å². The molecule has 3 aromatic rings. The van der Waals surface area contributed by atoms with Gasteiger partial charge in [-0.25, -0.2) is 0 Å². The maximum Gasteiger partial charge on any atom is 0.0608 e. The highest BCUT2D eigenvalue weighted by Gasteiger charge is 2.50. The Morgan fingerprint density at radius 2 is 1.53 bits per heavy atom. The van der Waals surface area contributed by atoms with Gasteiger partial charge in [-0.2, -0.15) is 0 Å². The number of allylic oxidation sites excluding steroid dienone is 14. The zero-order valence-corrected chi connectivity index (χ0v) is 31.9. The van der Waals surface area contributed by atoms with Gasteiger partial charge in [-0.3, -0.25) is 0 Å². The smallest absolute Gasteiger partial charge is 0.0608 e. The first-order valence-electron chi connectivity index (χ1n) is 20.7. The van der Waals surface area contributed by atoms with Crippen LogP contribution in [0.1, 0.15) is 63.4 Å². The largest absolute Gasteiger partial charge is 0.360 e. The minimum absolute atomic E-state index is 0.173. The molecule has 0 N–H and O–H groups in total. The second-order valence-corrected chi connectivity index (χ2v) is 16.2. The first-order valence-corrected chi connectivity index (χ1v) is 20.7. The van der Waals surface area contributed by atoms with Gasteiger partial charge in [-0.15, -0.1) is 0 Å². The Balaban J connectivity index is 1.02. The Hall–Kier alpha value is -5.54. The van der Waals surface area contributed by atoms with Crippen molar-refractivity contribution in [3.05, 3.63) is 204 Å². The minimum Gasteiger partial charge on any atom is -0.360 e. The molecule has 3 heteroatoms. The summed E-state index contributed by atoms with van der Waals surface area (Å²) in [6, 6.07) is 30.9. The summed E-state index contributed by atoms with van der Waals surface area (Å²) in [6.45, 7) is 2.33. The van der Waals surface area contributed by atoms with E-state index < -0.39 is 0 Å². The molecule has 0 spiro atoms. The summed E-state index contributed by atoms with van der Waals surface area (Å²) in [7, 11) is 0. The third-order valence-corrected chi connectivity index (χ3v) is 13.1. The van der Waals surface area contributed by atoms with E-state index in [-0.39, 0.29) is 6.04 Å². The lowest BCUT2D eigenvalue weighted by molar-refractivity contribution is 0.452. The van der Waals surface area contributed by atoms with E-state index in [1.165, 1.54) is 50.7 Å². The van der Waals surface area contributed by atoms with Gasteiger partial charge in [0.05, 0.1) is 12.1 Å². The van der Waals surface area contributed by atoms with Gasteiger partial charge in [0.1, 0.15) is 0 Å². The van der Waals surface area contributed by atoms with Gasteiger partial charge in [-0.1, -0.05) is 110 Å². The van der Waals surface area contributed by atoms with Crippen molar-refractivity contribution in [1.82, 2.24) is 0 Å². The second kappa shape index (κ2) is 14.6. The van der Waals surface area contributed by atoms with Gasteiger partial charge in [0.15, 0.2) is 0 Å². The topological polar surface area (TPSA) is 9.72 Å². The molecule has 0 saturated carbocycles. The molecule has 2 aliphatic heterocycles. The summed E-state index contributed by atoms with van der Waals surface area (Å²) in [5.74, 6) is 1.20. The molecule has 1 fully saturated rings. The first-order chi connectivity index (χ1) is 27.2. The van der Waals surface area contributed by atoms with Crippen LogP contribution in [0.4, 0.5) is 22.7 Å². The van der Waals surface area contributed by atoms with Gasteiger partial charge in [0, 0.05) is 52.5 Å². The van der Waals surface area contributed by atoms with Crippen molar-refractivity contribution in [3.63, 3.8) is 0 Å². The Kier molecular flexibility index (Phi) is 9.02. The Morgan fingerprint density at radius 3 is 2.44 bits per heavy atom. The fraction of sp³-hybridized carbons (Fsp3) is 0.269. The lowest BCUT2D eigenvalue weighted by Crippen LogP contribution is -2.46. The van der Waals surface area contributed by atoms with Crippen LogP contribution in [0.3, 0.4) is 0 Å². The number of fused-ring (bicyclic) bond motifs is 3. The van der Waals surface area contributed by atoms with Crippen LogP contribution in [0.2, 0.25) is 0 Å². The summed E-state index contributed by atoms with van der Waals surface area (Å²) >= 11 is 0. The number of para-hydroxylation sites is 1. The van der Waals surface area contributed by atoms with Gasteiger partial charge in [0.2, 0.25) is 0 Å². The van der Waals surface area contributed by atoms with Crippen LogP contribution >= 0.6 is 0 Å². The van der Waals surface area contributed by atoms with Crippen molar-refractivity contribution in [3.8, 4) is 0 Å². The standard InChI is InChI=1S/C52H51N3/c1-37-16-11-12-35-53(48-27-9-7-23-44(37)48)40-31-33-42(34-32-40)54(41-20-3-2-4-21-41)50-29-15-30-51-52(50)47-25-8-10-28-49(47)55(51)43-22-13-19-39(36-43)46-26-14-18-38-17-5-6-24-45(38)46/h2-4,6,8-16,18-22,24-25,27,29,31-37,46,49-52H,5,7,17,23,26,28,30H2,1H3/b16-11-,35-12-. The summed E-state index contributed by atoms with van der Waals surface area (Å²) < 4.78 is 0. The molecule has 5 aliphatic carbocycles. The van der Waals surface area contributed by atoms with Crippen LogP contribution < -0.4 is 14.7 Å². The van der Waals surface area contributed by atoms with Crippen LogP contribution in [0.5, 0.6) is 0 Å². The normalized spacial score (nSPS) is 28.9. The Labute approximate surface area is 327 Å². The molecule has 6 atom stereocenters. The molecular weight excluding hydrogens is 667 g/mol. The molecule has 0 bridgehead atoms. The third-order valence-electron chi connectivity index (χ3n) is 13.1. The highest BCUT2D eigenvalue weighted by Crippen LogP contribution is 2.50. The Morgan fingerprint density at radius 1 is 0.673 bits per heavy atom. The molecule has 10 rings (SSSR count). The summed E-state index contributed by atoms with van der Waals surface area (Å²) in [6.07, 6.45) is 43.0. The van der Waals surface area contributed by atoms with Crippen molar-refractivity contribution in [2.24, 2.45) is 11.8 Å². The monoisotopic (exact) mass is 717 g/mol. The fourth-order valence-electron chi connectivity index (χ4n) is 10.6. The molecule has 2 heterocycles. The summed E-state index contributed by atoms with van der Waals surface area (Å²) in [5, 5.41) is 0. The quantitative estimate of drug-likeness (QED) is 0.235. The molecule has 0 amide bonds. The molecule has 3 aromatic carbocycles. The average molecular weight is 718 g/mol. The van der Waals surface area contributed by atoms with Gasteiger partial charge in [0.25, 0.3) is 0 Å². The molecule has 1 saturated heterocycles. The molecule has 7 aliphatic rings. The zero-order valence-electron chi connectivity index (χ0n) is 31.9. The average Bonchev–Trinajstić information content (AvgIpc) is 3.59. The van der Waals surface area contributed by atoms with E-state index in [0.29, 0.717) is 29.8 Å². The van der Waals surface area contributed by atoms with E-state index in [4.69, 9.17) is 0 Å². The number of hydrogen-bond donors (Lipinski definition) is 0. The maximum absolute atomic E-state index is 2.81. The minimum atomic E-state index is 0.173. The lowest BCUT2D eigenvalue weighted by atomic mass is 9.78. The number of anilines is 4. The van der Waals surface area contributed by atoms with E-state index in [0.717, 1.165) is 44.9 Å². The number of nitrogens with zero attached hydrogens (tertiary/aromatic N) is 3. The SMILES string of the molecule is CC1/C=C\C=C/N(c2ccc(N(c3ccccc3)C3C=CCC4C3C3=CC=CCC3N4c3cccc(C4CC=CC5=C4C=CCC5)c3)cc2)C2=C1CCC=C2. The van der Waals surface area contributed by atoms with Crippen LogP contribution in [-0.2, 0) is 0 Å². The lowest BCUT2D eigenvalue weighted by Gasteiger charge is -2.42. The molecular formula is C52H51N3. The van der Waals surface area contributed by atoms with Crippen molar-refractivity contribution in [2.45, 2.75) is 75.9 Å². The van der Waals surface area contributed by atoms with Gasteiger partial charge in [-0.05, 0) is 139 Å². The maximum atomic E-state index is 2.81. The molecule has 3 nitrogen and oxygen atoms in total. The van der Waals surface area contributed by atoms with Crippen molar-refractivity contribution in [2.75, 3.05) is 14.7 Å². The molecule has 55 heavy (non-hydrogen) atoms. The van der Waals surface area contributed by atoms with Crippen LogP contribution in [0, 0.1) is 11.8 Å². The predicted octanol–water partition coefficient (Wildman–Crippen LogP) is 12.7. The van der Waals surface area contributed by atoms with E-state index in [9.17, 15) is 0 Å². The summed E-state index contributed by atoms with van der Waals surface area (Å²) in [5.41, 5.74) is 13.9. The van der Waals surface area contributed by atoms with E-state index >= 15 is 0 Å². The number of hydrogen-bond acceptors (Lipinski definition) is 3. The molecule has 0 aromatic heterocycles. The van der Waals surface area contributed by atoms with Gasteiger partial charge < -0.3 is 14.7 Å². The molecule has 0 radical (unpaired) electrons. The number of rotatable bonds is 6. The first kappa shape index (κ1) is 34.0. The van der Waals surface area contributed by atoms with Crippen molar-refractivity contribution < 1.29 is 0 Å². The van der Waals surface area contributed by atoms with Crippen LogP contribution in [0.15, 0.2) is 198 Å². The third kappa shape index (κ3) is 6.15. The molecule has 6 unspecified atom stereocenters. The molecule has 274 valence electrons.